The first kappa shape index (κ1) is 15.5. The summed E-state index contributed by atoms with van der Waals surface area (Å²) < 4.78 is 7.05. The highest BCUT2D eigenvalue weighted by Crippen LogP contribution is 2.26. The molecule has 0 aliphatic carbocycles. The van der Waals surface area contributed by atoms with Crippen molar-refractivity contribution in [3.8, 4) is 11.4 Å². The minimum atomic E-state index is -0.416. The van der Waals surface area contributed by atoms with Crippen LogP contribution in [0.1, 0.15) is 5.56 Å². The van der Waals surface area contributed by atoms with E-state index in [4.69, 9.17) is 4.74 Å². The molecule has 0 radical (unpaired) electrons. The highest BCUT2D eigenvalue weighted by atomic mass is 16.6. The van der Waals surface area contributed by atoms with Crippen LogP contribution < -0.4 is 10.1 Å². The molecule has 7 heteroatoms. The third-order valence-electron chi connectivity index (χ3n) is 3.60. The summed E-state index contributed by atoms with van der Waals surface area (Å²) in [6, 6.07) is 14.1. The zero-order chi connectivity index (χ0) is 16.9. The number of para-hydroxylation sites is 2. The average Bonchev–Trinajstić information content (AvgIpc) is 3.14. The Labute approximate surface area is 138 Å². The van der Waals surface area contributed by atoms with Gasteiger partial charge in [0.05, 0.1) is 23.4 Å². The van der Waals surface area contributed by atoms with Crippen LogP contribution in [0.25, 0.3) is 5.69 Å². The first-order chi connectivity index (χ1) is 11.7. The van der Waals surface area contributed by atoms with Crippen molar-refractivity contribution < 1.29 is 9.66 Å². The quantitative estimate of drug-likeness (QED) is 0.555. The van der Waals surface area contributed by atoms with Crippen molar-refractivity contribution in [2.45, 2.75) is 6.54 Å². The van der Waals surface area contributed by atoms with E-state index in [9.17, 15) is 10.1 Å². The van der Waals surface area contributed by atoms with Gasteiger partial charge < -0.3 is 10.1 Å². The number of nitrogens with one attached hydrogen (secondary N) is 1. The summed E-state index contributed by atoms with van der Waals surface area (Å²) in [5.74, 6) is 0.602. The van der Waals surface area contributed by atoms with E-state index in [2.05, 4.69) is 10.4 Å². The number of aromatic nitrogens is 2. The van der Waals surface area contributed by atoms with E-state index in [1.165, 1.54) is 12.1 Å². The van der Waals surface area contributed by atoms with Crippen LogP contribution in [0, 0.1) is 10.1 Å². The SMILES string of the molecule is COc1ccc([N+](=O)[O-])cc1CNc1ccccc1-n1cccn1. The maximum absolute atomic E-state index is 11.0. The lowest BCUT2D eigenvalue weighted by Crippen LogP contribution is -2.06. The van der Waals surface area contributed by atoms with Crippen molar-refractivity contribution in [3.63, 3.8) is 0 Å². The number of nitro benzene ring substituents is 1. The van der Waals surface area contributed by atoms with Gasteiger partial charge in [0.1, 0.15) is 5.75 Å². The molecule has 0 bridgehead atoms. The van der Waals surface area contributed by atoms with E-state index >= 15 is 0 Å². The Morgan fingerprint density at radius 1 is 1.25 bits per heavy atom. The third-order valence-corrected chi connectivity index (χ3v) is 3.60. The molecule has 0 aliphatic heterocycles. The van der Waals surface area contributed by atoms with Crippen LogP contribution in [-0.2, 0) is 6.54 Å². The standard InChI is InChI=1S/C17H16N4O3/c1-24-17-8-7-14(21(22)23)11-13(17)12-18-15-5-2-3-6-16(15)20-10-4-9-19-20/h2-11,18H,12H2,1H3. The highest BCUT2D eigenvalue weighted by Gasteiger charge is 2.12. The Balaban J connectivity index is 1.87. The van der Waals surface area contributed by atoms with Crippen LogP contribution in [0.3, 0.4) is 0 Å². The van der Waals surface area contributed by atoms with Gasteiger partial charge in [-0.1, -0.05) is 12.1 Å². The number of benzene rings is 2. The summed E-state index contributed by atoms with van der Waals surface area (Å²) >= 11 is 0. The molecule has 7 nitrogen and oxygen atoms in total. The molecule has 0 fully saturated rings. The van der Waals surface area contributed by atoms with Gasteiger partial charge in [-0.2, -0.15) is 5.10 Å². The second kappa shape index (κ2) is 6.82. The summed E-state index contributed by atoms with van der Waals surface area (Å²) in [6.07, 6.45) is 3.56. The second-order valence-electron chi connectivity index (χ2n) is 5.07. The number of rotatable bonds is 6. The molecule has 24 heavy (non-hydrogen) atoms. The molecule has 0 spiro atoms. The molecular weight excluding hydrogens is 308 g/mol. The monoisotopic (exact) mass is 324 g/mol. The maximum atomic E-state index is 11.0. The van der Waals surface area contributed by atoms with Crippen molar-refractivity contribution in [2.24, 2.45) is 0 Å². The van der Waals surface area contributed by atoms with Crippen LogP contribution in [0.15, 0.2) is 60.9 Å². The number of nitro groups is 1. The number of hydrogen-bond donors (Lipinski definition) is 1. The molecular formula is C17H16N4O3. The molecule has 0 saturated carbocycles. The molecule has 1 aromatic heterocycles. The van der Waals surface area contributed by atoms with Gasteiger partial charge in [0, 0.05) is 36.6 Å². The lowest BCUT2D eigenvalue weighted by Gasteiger charge is -2.13. The number of ether oxygens (including phenoxy) is 1. The number of hydrogen-bond acceptors (Lipinski definition) is 5. The van der Waals surface area contributed by atoms with Crippen LogP contribution in [-0.4, -0.2) is 21.8 Å². The molecule has 1 heterocycles. The van der Waals surface area contributed by atoms with Crippen molar-refractivity contribution in [1.29, 1.82) is 0 Å². The molecule has 0 amide bonds. The van der Waals surface area contributed by atoms with Gasteiger partial charge in [-0.05, 0) is 24.3 Å². The van der Waals surface area contributed by atoms with Gasteiger partial charge in [-0.3, -0.25) is 10.1 Å². The Morgan fingerprint density at radius 2 is 2.08 bits per heavy atom. The average molecular weight is 324 g/mol. The fourth-order valence-electron chi connectivity index (χ4n) is 2.44. The number of non-ortho nitro benzene ring substituents is 1. The minimum absolute atomic E-state index is 0.0351. The van der Waals surface area contributed by atoms with Crippen LogP contribution in [0.2, 0.25) is 0 Å². The van der Waals surface area contributed by atoms with E-state index in [0.717, 1.165) is 11.4 Å². The molecule has 0 aliphatic rings. The number of methoxy groups -OCH3 is 1. The highest BCUT2D eigenvalue weighted by molar-refractivity contribution is 5.61. The molecule has 0 saturated heterocycles. The Hall–Kier alpha value is -3.35. The summed E-state index contributed by atoms with van der Waals surface area (Å²) in [7, 11) is 1.54. The largest absolute Gasteiger partial charge is 0.496 e. The normalized spacial score (nSPS) is 10.4. The fraction of sp³-hybridized carbons (Fsp3) is 0.118. The lowest BCUT2D eigenvalue weighted by atomic mass is 10.1. The first-order valence-electron chi connectivity index (χ1n) is 7.33. The van der Waals surface area contributed by atoms with Crippen molar-refractivity contribution in [2.75, 3.05) is 12.4 Å². The van der Waals surface area contributed by atoms with Gasteiger partial charge in [0.15, 0.2) is 0 Å². The van der Waals surface area contributed by atoms with E-state index < -0.39 is 4.92 Å². The molecule has 2 aromatic carbocycles. The Morgan fingerprint density at radius 3 is 2.79 bits per heavy atom. The maximum Gasteiger partial charge on any atom is 0.270 e. The van der Waals surface area contributed by atoms with Crippen molar-refractivity contribution >= 4 is 11.4 Å². The molecule has 0 atom stereocenters. The first-order valence-corrected chi connectivity index (χ1v) is 7.33. The van der Waals surface area contributed by atoms with Gasteiger partial charge >= 0.3 is 0 Å². The molecule has 3 rings (SSSR count). The fourth-order valence-corrected chi connectivity index (χ4v) is 2.44. The summed E-state index contributed by atoms with van der Waals surface area (Å²) in [4.78, 5) is 10.6. The van der Waals surface area contributed by atoms with Gasteiger partial charge in [-0.15, -0.1) is 0 Å². The zero-order valence-electron chi connectivity index (χ0n) is 13.0. The summed E-state index contributed by atoms with van der Waals surface area (Å²) in [5.41, 5.74) is 2.51. The molecule has 122 valence electrons. The third kappa shape index (κ3) is 3.19. The van der Waals surface area contributed by atoms with Crippen LogP contribution in [0.4, 0.5) is 11.4 Å². The van der Waals surface area contributed by atoms with E-state index in [0.29, 0.717) is 17.9 Å². The number of anilines is 1. The van der Waals surface area contributed by atoms with E-state index in [1.807, 2.05) is 36.5 Å². The predicted molar refractivity (Wildman–Crippen MR) is 90.5 cm³/mol. The van der Waals surface area contributed by atoms with Gasteiger partial charge in [0.2, 0.25) is 0 Å². The smallest absolute Gasteiger partial charge is 0.270 e. The second-order valence-corrected chi connectivity index (χ2v) is 5.07. The number of nitrogens with zero attached hydrogens (tertiary/aromatic N) is 3. The van der Waals surface area contributed by atoms with Crippen LogP contribution in [0.5, 0.6) is 5.75 Å². The molecule has 3 aromatic rings. The lowest BCUT2D eigenvalue weighted by molar-refractivity contribution is -0.384. The zero-order valence-corrected chi connectivity index (χ0v) is 13.0. The van der Waals surface area contributed by atoms with Gasteiger partial charge in [-0.25, -0.2) is 4.68 Å². The van der Waals surface area contributed by atoms with E-state index in [-0.39, 0.29) is 5.69 Å². The van der Waals surface area contributed by atoms with Crippen molar-refractivity contribution in [3.05, 3.63) is 76.6 Å². The Bertz CT molecular complexity index is 847. The van der Waals surface area contributed by atoms with E-state index in [1.54, 1.807) is 24.1 Å². The molecule has 1 N–H and O–H groups in total. The Kier molecular flexibility index (Phi) is 4.42. The minimum Gasteiger partial charge on any atom is -0.496 e. The summed E-state index contributed by atoms with van der Waals surface area (Å²) in [6.45, 7) is 0.392. The van der Waals surface area contributed by atoms with Gasteiger partial charge in [0.25, 0.3) is 5.69 Å². The topological polar surface area (TPSA) is 82.2 Å². The van der Waals surface area contributed by atoms with Crippen molar-refractivity contribution in [1.82, 2.24) is 9.78 Å². The predicted octanol–water partition coefficient (Wildman–Crippen LogP) is 3.40. The molecule has 0 unspecified atom stereocenters. The summed E-state index contributed by atoms with van der Waals surface area (Å²) in [5, 5.41) is 18.5. The van der Waals surface area contributed by atoms with Crippen LogP contribution >= 0.6 is 0 Å².